The Morgan fingerprint density at radius 3 is 2.62 bits per heavy atom. The minimum atomic E-state index is -0.101. The van der Waals surface area contributed by atoms with Gasteiger partial charge in [-0.1, -0.05) is 30.3 Å². The summed E-state index contributed by atoms with van der Waals surface area (Å²) in [5, 5.41) is 3.06. The van der Waals surface area contributed by atoms with Gasteiger partial charge in [-0.15, -0.1) is 0 Å². The van der Waals surface area contributed by atoms with Gasteiger partial charge < -0.3 is 15.0 Å². The summed E-state index contributed by atoms with van der Waals surface area (Å²) in [6, 6.07) is 15.8. The number of hydrogen-bond acceptors (Lipinski definition) is 3. The molecule has 0 unspecified atom stereocenters. The first-order valence-corrected chi connectivity index (χ1v) is 8.39. The van der Waals surface area contributed by atoms with Gasteiger partial charge in [0, 0.05) is 18.7 Å². The number of para-hydroxylation sites is 3. The molecule has 0 atom stereocenters. The zero-order valence-electron chi connectivity index (χ0n) is 13.5. The van der Waals surface area contributed by atoms with Gasteiger partial charge in [-0.25, -0.2) is 0 Å². The smallest absolute Gasteiger partial charge is 0.255 e. The second-order valence-electron chi connectivity index (χ2n) is 6.16. The number of hydrogen-bond donors (Lipinski definition) is 1. The van der Waals surface area contributed by atoms with E-state index in [1.54, 1.807) is 0 Å². The number of anilines is 2. The maximum absolute atomic E-state index is 12.7. The minimum absolute atomic E-state index is 0.101. The van der Waals surface area contributed by atoms with Crippen molar-refractivity contribution in [1.82, 2.24) is 0 Å². The van der Waals surface area contributed by atoms with Gasteiger partial charge in [-0.2, -0.15) is 0 Å². The van der Waals surface area contributed by atoms with Crippen molar-refractivity contribution in [2.45, 2.75) is 12.8 Å². The second kappa shape index (κ2) is 6.40. The van der Waals surface area contributed by atoms with E-state index in [4.69, 9.17) is 4.74 Å². The average molecular weight is 320 g/mol. The van der Waals surface area contributed by atoms with Crippen LogP contribution in [0.15, 0.2) is 54.1 Å². The van der Waals surface area contributed by atoms with Crippen LogP contribution in [0.2, 0.25) is 0 Å². The van der Waals surface area contributed by atoms with E-state index in [-0.39, 0.29) is 5.91 Å². The molecule has 2 aromatic carbocycles. The number of carbonyl (C=O) groups is 1. The van der Waals surface area contributed by atoms with E-state index >= 15 is 0 Å². The Kier molecular flexibility index (Phi) is 3.95. The lowest BCUT2D eigenvalue weighted by Crippen LogP contribution is -2.24. The van der Waals surface area contributed by atoms with Crippen LogP contribution in [-0.2, 0) is 4.79 Å². The molecule has 1 N–H and O–H groups in total. The fourth-order valence-electron chi connectivity index (χ4n) is 3.26. The van der Waals surface area contributed by atoms with Crippen molar-refractivity contribution < 1.29 is 9.53 Å². The molecule has 2 heterocycles. The summed E-state index contributed by atoms with van der Waals surface area (Å²) in [5.74, 6) is 0.725. The maximum atomic E-state index is 12.7. The van der Waals surface area contributed by atoms with Crippen LogP contribution in [0.1, 0.15) is 18.4 Å². The molecular formula is C20H20N2O2. The normalized spacial score (nSPS) is 16.2. The number of nitrogens with zero attached hydrogens (tertiary/aromatic N) is 1. The van der Waals surface area contributed by atoms with Crippen LogP contribution in [0.5, 0.6) is 5.75 Å². The van der Waals surface area contributed by atoms with Gasteiger partial charge in [-0.05, 0) is 37.1 Å². The topological polar surface area (TPSA) is 41.6 Å². The largest absolute Gasteiger partial charge is 0.488 e. The molecule has 0 bridgehead atoms. The van der Waals surface area contributed by atoms with Gasteiger partial charge in [0.15, 0.2) is 0 Å². The predicted octanol–water partition coefficient (Wildman–Crippen LogP) is 3.70. The molecule has 2 aliphatic heterocycles. The van der Waals surface area contributed by atoms with Gasteiger partial charge in [0.05, 0.1) is 16.9 Å². The van der Waals surface area contributed by atoms with Gasteiger partial charge in [0.2, 0.25) is 0 Å². The van der Waals surface area contributed by atoms with Gasteiger partial charge in [0.1, 0.15) is 12.4 Å². The van der Waals surface area contributed by atoms with Crippen LogP contribution in [0.3, 0.4) is 0 Å². The van der Waals surface area contributed by atoms with Gasteiger partial charge >= 0.3 is 0 Å². The molecule has 0 radical (unpaired) electrons. The fraction of sp³-hybridized carbons (Fsp3) is 0.250. The average Bonchev–Trinajstić information content (AvgIpc) is 3.16. The number of fused-ring (bicyclic) bond motifs is 1. The lowest BCUT2D eigenvalue weighted by molar-refractivity contribution is -0.113. The highest BCUT2D eigenvalue weighted by molar-refractivity contribution is 6.08. The highest BCUT2D eigenvalue weighted by atomic mass is 16.5. The van der Waals surface area contributed by atoms with Gasteiger partial charge in [0.25, 0.3) is 5.91 Å². The Morgan fingerprint density at radius 2 is 1.75 bits per heavy atom. The molecule has 0 saturated carbocycles. The third-order valence-corrected chi connectivity index (χ3v) is 4.52. The zero-order valence-corrected chi connectivity index (χ0v) is 13.5. The van der Waals surface area contributed by atoms with Crippen molar-refractivity contribution >= 4 is 23.4 Å². The van der Waals surface area contributed by atoms with Crippen LogP contribution < -0.4 is 15.0 Å². The molecule has 4 rings (SSSR count). The molecule has 0 aromatic heterocycles. The quantitative estimate of drug-likeness (QED) is 0.937. The first-order chi connectivity index (χ1) is 11.8. The van der Waals surface area contributed by atoms with Crippen molar-refractivity contribution in [2.24, 2.45) is 0 Å². The number of nitrogens with one attached hydrogen (secondary N) is 1. The summed E-state index contributed by atoms with van der Waals surface area (Å²) in [7, 11) is 0. The number of rotatable bonds is 3. The van der Waals surface area contributed by atoms with E-state index in [9.17, 15) is 4.79 Å². The first kappa shape index (κ1) is 14.8. The van der Waals surface area contributed by atoms with E-state index in [0.717, 1.165) is 35.8 Å². The van der Waals surface area contributed by atoms with E-state index in [1.807, 2.05) is 48.5 Å². The molecule has 4 nitrogen and oxygen atoms in total. The molecular weight excluding hydrogens is 300 g/mol. The minimum Gasteiger partial charge on any atom is -0.488 e. The molecule has 2 aliphatic rings. The number of ether oxygens (including phenoxy) is 1. The van der Waals surface area contributed by atoms with E-state index in [1.165, 1.54) is 12.8 Å². The van der Waals surface area contributed by atoms with Crippen molar-refractivity contribution in [3.05, 3.63) is 59.7 Å². The van der Waals surface area contributed by atoms with Crippen molar-refractivity contribution in [3.8, 4) is 5.75 Å². The Balaban J connectivity index is 1.56. The van der Waals surface area contributed by atoms with E-state index in [2.05, 4.69) is 16.3 Å². The summed E-state index contributed by atoms with van der Waals surface area (Å²) < 4.78 is 5.69. The standard InChI is InChI=1S/C20H20N2O2/c23-20(16-13-15-7-1-4-10-19(15)24-14-16)21-17-8-2-3-9-18(17)22-11-5-6-12-22/h1-4,7-10,13H,5-6,11-12,14H2,(H,21,23). The molecule has 122 valence electrons. The first-order valence-electron chi connectivity index (χ1n) is 8.39. The van der Waals surface area contributed by atoms with Crippen LogP contribution in [0.4, 0.5) is 11.4 Å². The Bertz CT molecular complexity index is 792. The summed E-state index contributed by atoms with van der Waals surface area (Å²) in [5.41, 5.74) is 3.55. The molecule has 2 aromatic rings. The maximum Gasteiger partial charge on any atom is 0.255 e. The molecule has 1 amide bonds. The number of carbonyl (C=O) groups excluding carboxylic acids is 1. The monoisotopic (exact) mass is 320 g/mol. The Morgan fingerprint density at radius 1 is 1.00 bits per heavy atom. The lowest BCUT2D eigenvalue weighted by atomic mass is 10.1. The predicted molar refractivity (Wildman–Crippen MR) is 96.4 cm³/mol. The van der Waals surface area contributed by atoms with Crippen LogP contribution in [0.25, 0.3) is 6.08 Å². The summed E-state index contributed by atoms with van der Waals surface area (Å²) in [6.07, 6.45) is 4.32. The third kappa shape index (κ3) is 2.87. The molecule has 1 fully saturated rings. The summed E-state index contributed by atoms with van der Waals surface area (Å²) in [4.78, 5) is 15.0. The molecule has 1 saturated heterocycles. The summed E-state index contributed by atoms with van der Waals surface area (Å²) >= 11 is 0. The SMILES string of the molecule is O=C(Nc1ccccc1N1CCCC1)C1=Cc2ccccc2OC1. The third-order valence-electron chi connectivity index (χ3n) is 4.52. The lowest BCUT2D eigenvalue weighted by Gasteiger charge is -2.22. The van der Waals surface area contributed by atoms with Crippen LogP contribution >= 0.6 is 0 Å². The van der Waals surface area contributed by atoms with E-state index in [0.29, 0.717) is 12.2 Å². The van der Waals surface area contributed by atoms with Crippen LogP contribution in [-0.4, -0.2) is 25.6 Å². The van der Waals surface area contributed by atoms with Gasteiger partial charge in [-0.3, -0.25) is 4.79 Å². The summed E-state index contributed by atoms with van der Waals surface area (Å²) in [6.45, 7) is 2.40. The number of amides is 1. The fourth-order valence-corrected chi connectivity index (χ4v) is 3.26. The van der Waals surface area contributed by atoms with Crippen LogP contribution in [0, 0.1) is 0 Å². The number of benzene rings is 2. The Labute approximate surface area is 141 Å². The van der Waals surface area contributed by atoms with Crippen molar-refractivity contribution in [1.29, 1.82) is 0 Å². The van der Waals surface area contributed by atoms with Crippen molar-refractivity contribution in [3.63, 3.8) is 0 Å². The Hall–Kier alpha value is -2.75. The highest BCUT2D eigenvalue weighted by Gasteiger charge is 2.20. The molecule has 0 spiro atoms. The molecule has 24 heavy (non-hydrogen) atoms. The highest BCUT2D eigenvalue weighted by Crippen LogP contribution is 2.30. The molecule has 0 aliphatic carbocycles. The molecule has 4 heteroatoms. The zero-order chi connectivity index (χ0) is 16.4. The van der Waals surface area contributed by atoms with E-state index < -0.39 is 0 Å². The van der Waals surface area contributed by atoms with Crippen molar-refractivity contribution in [2.75, 3.05) is 29.9 Å². The second-order valence-corrected chi connectivity index (χ2v) is 6.16.